The number of aromatic nitrogens is 3. The van der Waals surface area contributed by atoms with Crippen molar-refractivity contribution in [3.05, 3.63) is 96.7 Å². The molecule has 2 aromatic carbocycles. The molecule has 2 aromatic heterocycles. The van der Waals surface area contributed by atoms with E-state index in [2.05, 4.69) is 41.5 Å². The lowest BCUT2D eigenvalue weighted by molar-refractivity contribution is 0.873. The van der Waals surface area contributed by atoms with E-state index in [0.29, 0.717) is 5.82 Å². The first kappa shape index (κ1) is 16.9. The Morgan fingerprint density at radius 1 is 0.741 bits per heavy atom. The molecule has 0 aliphatic rings. The van der Waals surface area contributed by atoms with Gasteiger partial charge in [0.2, 0.25) is 0 Å². The first-order valence-electron chi connectivity index (χ1n) is 8.97. The highest BCUT2D eigenvalue weighted by Gasteiger charge is 2.12. The van der Waals surface area contributed by atoms with Crippen LogP contribution in [0.4, 0.5) is 5.82 Å². The molecule has 4 nitrogen and oxygen atoms in total. The molecule has 1 N–H and O–H groups in total. The fraction of sp³-hybridized carbons (Fsp3) is 0.0870. The van der Waals surface area contributed by atoms with Crippen LogP contribution in [0.15, 0.2) is 91.1 Å². The predicted octanol–water partition coefficient (Wildman–Crippen LogP) is 5.38. The summed E-state index contributed by atoms with van der Waals surface area (Å²) >= 11 is 0. The lowest BCUT2D eigenvalue weighted by Gasteiger charge is -2.16. The predicted molar refractivity (Wildman–Crippen MR) is 109 cm³/mol. The Balaban J connectivity index is 1.74. The highest BCUT2D eigenvalue weighted by atomic mass is 15.1. The molecular weight excluding hydrogens is 332 g/mol. The van der Waals surface area contributed by atoms with Gasteiger partial charge in [0.25, 0.3) is 0 Å². The zero-order chi connectivity index (χ0) is 18.5. The van der Waals surface area contributed by atoms with Crippen LogP contribution in [-0.2, 0) is 0 Å². The minimum absolute atomic E-state index is 0.126. The minimum Gasteiger partial charge on any atom is -0.363 e. The first-order valence-corrected chi connectivity index (χ1v) is 8.97. The van der Waals surface area contributed by atoms with Crippen molar-refractivity contribution in [2.75, 3.05) is 5.32 Å². The van der Waals surface area contributed by atoms with Gasteiger partial charge in [0.1, 0.15) is 11.5 Å². The monoisotopic (exact) mass is 352 g/mol. The molecule has 4 heteroatoms. The van der Waals surface area contributed by atoms with Gasteiger partial charge in [-0.25, -0.2) is 9.97 Å². The fourth-order valence-electron chi connectivity index (χ4n) is 2.93. The van der Waals surface area contributed by atoms with Crippen molar-refractivity contribution in [3.63, 3.8) is 0 Å². The Hall–Kier alpha value is -3.53. The molecule has 0 saturated carbocycles. The number of nitrogens with one attached hydrogen (secondary N) is 1. The van der Waals surface area contributed by atoms with Crippen molar-refractivity contribution >= 4 is 5.82 Å². The first-order chi connectivity index (χ1) is 13.3. The number of rotatable bonds is 5. The number of benzene rings is 2. The second kappa shape index (κ2) is 7.79. The summed E-state index contributed by atoms with van der Waals surface area (Å²) in [6.45, 7) is 2.13. The van der Waals surface area contributed by atoms with Crippen LogP contribution in [0, 0.1) is 0 Å². The third-order valence-electron chi connectivity index (χ3n) is 4.35. The van der Waals surface area contributed by atoms with Gasteiger partial charge in [0.05, 0.1) is 5.69 Å². The van der Waals surface area contributed by atoms with Crippen LogP contribution in [-0.4, -0.2) is 15.0 Å². The fourth-order valence-corrected chi connectivity index (χ4v) is 2.93. The van der Waals surface area contributed by atoms with Gasteiger partial charge in [0, 0.05) is 23.9 Å². The molecule has 4 aromatic rings. The Morgan fingerprint density at radius 3 is 2.15 bits per heavy atom. The molecule has 132 valence electrons. The summed E-state index contributed by atoms with van der Waals surface area (Å²) < 4.78 is 0. The van der Waals surface area contributed by atoms with Crippen molar-refractivity contribution in [3.8, 4) is 22.8 Å². The van der Waals surface area contributed by atoms with Crippen LogP contribution in [0.3, 0.4) is 0 Å². The van der Waals surface area contributed by atoms with Crippen LogP contribution in [0.5, 0.6) is 0 Å². The topological polar surface area (TPSA) is 50.7 Å². The summed E-state index contributed by atoms with van der Waals surface area (Å²) in [5, 5.41) is 3.50. The lowest BCUT2D eigenvalue weighted by atomic mass is 10.1. The van der Waals surface area contributed by atoms with Gasteiger partial charge in [-0.05, 0) is 24.6 Å². The zero-order valence-electron chi connectivity index (χ0n) is 15.1. The zero-order valence-corrected chi connectivity index (χ0v) is 15.1. The van der Waals surface area contributed by atoms with Crippen LogP contribution >= 0.6 is 0 Å². The summed E-state index contributed by atoms with van der Waals surface area (Å²) in [6.07, 6.45) is 1.76. The molecular formula is C23H20N4. The number of anilines is 1. The average molecular weight is 352 g/mol. The van der Waals surface area contributed by atoms with Gasteiger partial charge in [-0.3, -0.25) is 4.98 Å². The van der Waals surface area contributed by atoms with E-state index in [1.807, 2.05) is 60.7 Å². The van der Waals surface area contributed by atoms with E-state index in [0.717, 1.165) is 22.8 Å². The molecule has 1 unspecified atom stereocenters. The van der Waals surface area contributed by atoms with Gasteiger partial charge >= 0.3 is 0 Å². The van der Waals surface area contributed by atoms with Crippen LogP contribution in [0.1, 0.15) is 18.5 Å². The number of hydrogen-bond donors (Lipinski definition) is 1. The van der Waals surface area contributed by atoms with Crippen molar-refractivity contribution in [2.24, 2.45) is 0 Å². The Kier molecular flexibility index (Phi) is 4.88. The third-order valence-corrected chi connectivity index (χ3v) is 4.35. The molecule has 4 rings (SSSR count). The molecule has 0 saturated heterocycles. The van der Waals surface area contributed by atoms with Gasteiger partial charge in [-0.15, -0.1) is 0 Å². The number of pyridine rings is 1. The maximum absolute atomic E-state index is 4.74. The molecule has 2 heterocycles. The van der Waals surface area contributed by atoms with Crippen LogP contribution < -0.4 is 5.32 Å². The second-order valence-electron chi connectivity index (χ2n) is 6.32. The average Bonchev–Trinajstić information content (AvgIpc) is 2.75. The highest BCUT2D eigenvalue weighted by molar-refractivity contribution is 5.66. The van der Waals surface area contributed by atoms with Crippen molar-refractivity contribution in [2.45, 2.75) is 13.0 Å². The molecule has 0 bridgehead atoms. The highest BCUT2D eigenvalue weighted by Crippen LogP contribution is 2.25. The molecule has 0 fully saturated rings. The molecule has 1 atom stereocenters. The minimum atomic E-state index is 0.126. The molecule has 0 radical (unpaired) electrons. The Labute approximate surface area is 159 Å². The van der Waals surface area contributed by atoms with E-state index in [1.165, 1.54) is 5.56 Å². The Morgan fingerprint density at radius 2 is 1.44 bits per heavy atom. The quantitative estimate of drug-likeness (QED) is 0.524. The summed E-state index contributed by atoms with van der Waals surface area (Å²) in [5.41, 5.74) is 3.88. The van der Waals surface area contributed by atoms with Gasteiger partial charge < -0.3 is 5.32 Å². The number of nitrogens with zero attached hydrogens (tertiary/aromatic N) is 3. The Bertz CT molecular complexity index is 944. The van der Waals surface area contributed by atoms with Crippen LogP contribution in [0.25, 0.3) is 22.8 Å². The van der Waals surface area contributed by atoms with E-state index in [1.54, 1.807) is 6.20 Å². The van der Waals surface area contributed by atoms with E-state index in [4.69, 9.17) is 9.97 Å². The van der Waals surface area contributed by atoms with Gasteiger partial charge in [-0.2, -0.15) is 0 Å². The second-order valence-corrected chi connectivity index (χ2v) is 6.32. The standard InChI is InChI=1S/C23H20N4/c1-17(18-10-4-2-5-11-18)25-22-16-21(19-12-6-3-7-13-19)26-23(27-22)20-14-8-9-15-24-20/h2-17H,1H3,(H,25,26,27). The van der Waals surface area contributed by atoms with Gasteiger partial charge in [-0.1, -0.05) is 66.7 Å². The smallest absolute Gasteiger partial charge is 0.180 e. The summed E-state index contributed by atoms with van der Waals surface area (Å²) in [7, 11) is 0. The van der Waals surface area contributed by atoms with E-state index in [-0.39, 0.29) is 6.04 Å². The van der Waals surface area contributed by atoms with E-state index < -0.39 is 0 Å². The van der Waals surface area contributed by atoms with Crippen LogP contribution in [0.2, 0.25) is 0 Å². The largest absolute Gasteiger partial charge is 0.363 e. The third kappa shape index (κ3) is 4.01. The summed E-state index contributed by atoms with van der Waals surface area (Å²) in [6, 6.07) is 28.3. The van der Waals surface area contributed by atoms with E-state index >= 15 is 0 Å². The molecule has 0 aliphatic carbocycles. The van der Waals surface area contributed by atoms with Crippen molar-refractivity contribution < 1.29 is 0 Å². The van der Waals surface area contributed by atoms with Crippen molar-refractivity contribution in [1.82, 2.24) is 15.0 Å². The molecule has 0 aliphatic heterocycles. The summed E-state index contributed by atoms with van der Waals surface area (Å²) in [5.74, 6) is 1.39. The lowest BCUT2D eigenvalue weighted by Crippen LogP contribution is -2.09. The normalized spacial score (nSPS) is 11.7. The maximum Gasteiger partial charge on any atom is 0.180 e. The molecule has 0 spiro atoms. The maximum atomic E-state index is 4.74. The molecule has 27 heavy (non-hydrogen) atoms. The van der Waals surface area contributed by atoms with Gasteiger partial charge in [0.15, 0.2) is 5.82 Å². The summed E-state index contributed by atoms with van der Waals surface area (Å²) in [4.78, 5) is 13.9. The molecule has 0 amide bonds. The van der Waals surface area contributed by atoms with Crippen molar-refractivity contribution in [1.29, 1.82) is 0 Å². The van der Waals surface area contributed by atoms with E-state index in [9.17, 15) is 0 Å². The SMILES string of the molecule is CC(Nc1cc(-c2ccccc2)nc(-c2ccccn2)n1)c1ccccc1. The number of hydrogen-bond acceptors (Lipinski definition) is 4.